The molecule has 17 heavy (non-hydrogen) atoms. The molecule has 0 aliphatic rings. The van der Waals surface area contributed by atoms with Gasteiger partial charge in [-0.2, -0.15) is 0 Å². The summed E-state index contributed by atoms with van der Waals surface area (Å²) in [6.45, 7) is 4.09. The van der Waals surface area contributed by atoms with E-state index in [1.807, 2.05) is 13.8 Å². The van der Waals surface area contributed by atoms with Gasteiger partial charge in [-0.15, -0.1) is 0 Å². The van der Waals surface area contributed by atoms with Crippen molar-refractivity contribution in [3.05, 3.63) is 53.3 Å². The summed E-state index contributed by atoms with van der Waals surface area (Å²) in [6.07, 6.45) is 0. The van der Waals surface area contributed by atoms with Crippen LogP contribution in [-0.2, 0) is 0 Å². The second-order valence-corrected chi connectivity index (χ2v) is 5.21. The Kier molecular flexibility index (Phi) is 3.38. The van der Waals surface area contributed by atoms with E-state index in [2.05, 4.69) is 18.2 Å². The third kappa shape index (κ3) is 3.01. The highest BCUT2D eigenvalue weighted by Crippen LogP contribution is 2.32. The highest BCUT2D eigenvalue weighted by Gasteiger charge is 2.04. The summed E-state index contributed by atoms with van der Waals surface area (Å²) < 4.78 is 13.2. The van der Waals surface area contributed by atoms with Gasteiger partial charge in [0.15, 0.2) is 0 Å². The van der Waals surface area contributed by atoms with Crippen molar-refractivity contribution in [3.8, 4) is 0 Å². The van der Waals surface area contributed by atoms with Crippen LogP contribution in [0, 0.1) is 19.7 Å². The number of rotatable bonds is 2. The number of halogens is 1. The first-order chi connectivity index (χ1) is 8.04. The Bertz CT molecular complexity index is 532. The quantitative estimate of drug-likeness (QED) is 0.806. The maximum atomic E-state index is 13.2. The number of nitrogens with two attached hydrogens (primary N) is 1. The Morgan fingerprint density at radius 2 is 1.82 bits per heavy atom. The van der Waals surface area contributed by atoms with Crippen LogP contribution in [0.3, 0.4) is 0 Å². The molecule has 0 aromatic heterocycles. The molecule has 2 aromatic carbocycles. The van der Waals surface area contributed by atoms with Crippen LogP contribution in [0.25, 0.3) is 0 Å². The van der Waals surface area contributed by atoms with E-state index in [1.54, 1.807) is 6.07 Å². The predicted octanol–water partition coefficient (Wildman–Crippen LogP) is 4.18. The normalized spacial score (nSPS) is 10.5. The maximum absolute atomic E-state index is 13.2. The zero-order chi connectivity index (χ0) is 12.4. The minimum Gasteiger partial charge on any atom is -0.399 e. The van der Waals surface area contributed by atoms with Crippen LogP contribution in [0.1, 0.15) is 11.1 Å². The summed E-state index contributed by atoms with van der Waals surface area (Å²) >= 11 is 1.54. The highest BCUT2D eigenvalue weighted by atomic mass is 32.2. The van der Waals surface area contributed by atoms with Gasteiger partial charge in [-0.25, -0.2) is 4.39 Å². The maximum Gasteiger partial charge on any atom is 0.126 e. The Morgan fingerprint density at radius 3 is 2.53 bits per heavy atom. The van der Waals surface area contributed by atoms with Crippen LogP contribution >= 0.6 is 11.8 Å². The third-order valence-corrected chi connectivity index (χ3v) is 3.60. The molecule has 0 aliphatic carbocycles. The van der Waals surface area contributed by atoms with E-state index < -0.39 is 0 Å². The highest BCUT2D eigenvalue weighted by molar-refractivity contribution is 7.99. The van der Waals surface area contributed by atoms with Crippen molar-refractivity contribution in [1.82, 2.24) is 0 Å². The van der Waals surface area contributed by atoms with Crippen LogP contribution in [-0.4, -0.2) is 0 Å². The molecule has 0 bridgehead atoms. The minimum atomic E-state index is -0.294. The van der Waals surface area contributed by atoms with Crippen LogP contribution in [0.2, 0.25) is 0 Å². The Labute approximate surface area is 105 Å². The minimum absolute atomic E-state index is 0.294. The molecule has 0 unspecified atom stereocenters. The lowest BCUT2D eigenvalue weighted by Crippen LogP contribution is -1.88. The molecule has 0 saturated carbocycles. The first-order valence-electron chi connectivity index (χ1n) is 5.36. The van der Waals surface area contributed by atoms with Crippen LogP contribution in [0.4, 0.5) is 10.1 Å². The topological polar surface area (TPSA) is 26.0 Å². The molecule has 0 fully saturated rings. The summed E-state index contributed by atoms with van der Waals surface area (Å²) in [6, 6.07) is 10.9. The summed E-state index contributed by atoms with van der Waals surface area (Å²) in [5, 5.41) is 0. The van der Waals surface area contributed by atoms with Gasteiger partial charge in [0.25, 0.3) is 0 Å². The van der Waals surface area contributed by atoms with E-state index in [0.29, 0.717) is 5.69 Å². The lowest BCUT2D eigenvalue weighted by Gasteiger charge is -2.07. The van der Waals surface area contributed by atoms with E-state index in [9.17, 15) is 4.39 Å². The Morgan fingerprint density at radius 1 is 1.06 bits per heavy atom. The van der Waals surface area contributed by atoms with Crippen LogP contribution < -0.4 is 5.73 Å². The van der Waals surface area contributed by atoms with Gasteiger partial charge in [-0.3, -0.25) is 0 Å². The summed E-state index contributed by atoms with van der Waals surface area (Å²) in [5.74, 6) is -0.294. The first kappa shape index (κ1) is 12.0. The van der Waals surface area contributed by atoms with Crippen molar-refractivity contribution in [2.45, 2.75) is 23.6 Å². The second kappa shape index (κ2) is 4.80. The van der Waals surface area contributed by atoms with Gasteiger partial charge in [0.05, 0.1) is 0 Å². The molecular weight excluding hydrogens is 233 g/mol. The molecule has 0 spiro atoms. The summed E-state index contributed by atoms with van der Waals surface area (Å²) in [5.41, 5.74) is 8.46. The average Bonchev–Trinajstić information content (AvgIpc) is 2.22. The fourth-order valence-electron chi connectivity index (χ4n) is 1.59. The second-order valence-electron chi connectivity index (χ2n) is 4.09. The molecule has 2 rings (SSSR count). The molecule has 88 valence electrons. The van der Waals surface area contributed by atoms with Gasteiger partial charge in [-0.05, 0) is 49.2 Å². The lowest BCUT2D eigenvalue weighted by molar-refractivity contribution is 0.625. The van der Waals surface area contributed by atoms with E-state index in [4.69, 9.17) is 5.73 Å². The van der Waals surface area contributed by atoms with Crippen molar-refractivity contribution in [3.63, 3.8) is 0 Å². The van der Waals surface area contributed by atoms with Crippen molar-refractivity contribution in [1.29, 1.82) is 0 Å². The standard InChI is InChI=1S/C14H14FNS/c1-9-3-4-10(2)14(5-9)17-13-7-11(15)6-12(16)8-13/h3-8H,16H2,1-2H3. The van der Waals surface area contributed by atoms with E-state index >= 15 is 0 Å². The third-order valence-electron chi connectivity index (χ3n) is 2.47. The van der Waals surface area contributed by atoms with Gasteiger partial charge in [0, 0.05) is 15.5 Å². The lowest BCUT2D eigenvalue weighted by atomic mass is 10.2. The fraction of sp³-hybridized carbons (Fsp3) is 0.143. The number of hydrogen-bond acceptors (Lipinski definition) is 2. The van der Waals surface area contributed by atoms with E-state index in [1.165, 1.54) is 35.0 Å². The molecule has 0 atom stereocenters. The smallest absolute Gasteiger partial charge is 0.126 e. The zero-order valence-corrected chi connectivity index (χ0v) is 10.6. The molecule has 0 saturated heterocycles. The number of aryl methyl sites for hydroxylation is 2. The van der Waals surface area contributed by atoms with Gasteiger partial charge in [-0.1, -0.05) is 23.9 Å². The van der Waals surface area contributed by atoms with Crippen LogP contribution in [0.15, 0.2) is 46.2 Å². The molecule has 3 heteroatoms. The van der Waals surface area contributed by atoms with Crippen molar-refractivity contribution in [2.24, 2.45) is 0 Å². The fourth-order valence-corrected chi connectivity index (χ4v) is 2.68. The molecule has 2 N–H and O–H groups in total. The summed E-state index contributed by atoms with van der Waals surface area (Å²) in [4.78, 5) is 1.96. The Hall–Kier alpha value is -1.48. The van der Waals surface area contributed by atoms with Crippen LogP contribution in [0.5, 0.6) is 0 Å². The van der Waals surface area contributed by atoms with Crippen molar-refractivity contribution < 1.29 is 4.39 Å². The number of anilines is 1. The zero-order valence-electron chi connectivity index (χ0n) is 9.83. The van der Waals surface area contributed by atoms with Crippen molar-refractivity contribution in [2.75, 3.05) is 5.73 Å². The molecular formula is C14H14FNS. The largest absolute Gasteiger partial charge is 0.399 e. The number of hydrogen-bond donors (Lipinski definition) is 1. The molecule has 1 nitrogen and oxygen atoms in total. The summed E-state index contributed by atoms with van der Waals surface area (Å²) in [7, 11) is 0. The average molecular weight is 247 g/mol. The van der Waals surface area contributed by atoms with E-state index in [0.717, 1.165) is 9.79 Å². The van der Waals surface area contributed by atoms with Gasteiger partial charge in [0.1, 0.15) is 5.82 Å². The number of benzene rings is 2. The Balaban J connectivity index is 2.34. The number of nitrogen functional groups attached to an aromatic ring is 1. The molecule has 2 aromatic rings. The van der Waals surface area contributed by atoms with Gasteiger partial charge < -0.3 is 5.73 Å². The monoisotopic (exact) mass is 247 g/mol. The van der Waals surface area contributed by atoms with Gasteiger partial charge in [0.2, 0.25) is 0 Å². The van der Waals surface area contributed by atoms with E-state index in [-0.39, 0.29) is 5.82 Å². The SMILES string of the molecule is Cc1ccc(C)c(Sc2cc(N)cc(F)c2)c1. The molecule has 0 radical (unpaired) electrons. The van der Waals surface area contributed by atoms with Crippen molar-refractivity contribution >= 4 is 17.4 Å². The predicted molar refractivity (Wildman–Crippen MR) is 70.9 cm³/mol. The molecule has 0 amide bonds. The molecule has 0 aliphatic heterocycles. The molecule has 0 heterocycles. The first-order valence-corrected chi connectivity index (χ1v) is 6.17. The van der Waals surface area contributed by atoms with Gasteiger partial charge >= 0.3 is 0 Å².